The number of fused-ring (bicyclic) bond motifs is 4. The van der Waals surface area contributed by atoms with Gasteiger partial charge in [0.1, 0.15) is 11.1 Å². The van der Waals surface area contributed by atoms with Gasteiger partial charge in [-0.2, -0.15) is 0 Å². The van der Waals surface area contributed by atoms with Crippen LogP contribution in [0.15, 0.2) is 46.1 Å². The molecule has 5 heteroatoms. The second-order valence-electron chi connectivity index (χ2n) is 4.50. The van der Waals surface area contributed by atoms with Gasteiger partial charge in [-0.3, -0.25) is 14.0 Å². The van der Waals surface area contributed by atoms with Crippen molar-refractivity contribution in [3.8, 4) is 5.75 Å². The molecule has 3 aromatic heterocycles. The van der Waals surface area contributed by atoms with Crippen molar-refractivity contribution in [1.82, 2.24) is 9.38 Å². The summed E-state index contributed by atoms with van der Waals surface area (Å²) in [6.07, 6.45) is 1.65. The summed E-state index contributed by atoms with van der Waals surface area (Å²) >= 11 is 0. The van der Waals surface area contributed by atoms with Crippen molar-refractivity contribution in [2.24, 2.45) is 0 Å². The van der Waals surface area contributed by atoms with Crippen molar-refractivity contribution >= 4 is 27.3 Å². The highest BCUT2D eigenvalue weighted by Gasteiger charge is 2.16. The van der Waals surface area contributed by atoms with Gasteiger partial charge in [-0.25, -0.2) is 0 Å². The maximum atomic E-state index is 12.2. The summed E-state index contributed by atoms with van der Waals surface area (Å²) in [4.78, 5) is 26.6. The molecule has 0 radical (unpaired) electrons. The molecule has 0 unspecified atom stereocenters. The van der Waals surface area contributed by atoms with Crippen LogP contribution in [0.25, 0.3) is 27.3 Å². The molecular formula is C14H8N2O3. The van der Waals surface area contributed by atoms with Gasteiger partial charge in [-0.1, -0.05) is 0 Å². The van der Waals surface area contributed by atoms with Gasteiger partial charge in [0.15, 0.2) is 5.43 Å². The quantitative estimate of drug-likeness (QED) is 0.497. The maximum Gasteiger partial charge on any atom is 0.268 e. The van der Waals surface area contributed by atoms with Gasteiger partial charge in [0.05, 0.1) is 16.6 Å². The average molecular weight is 252 g/mol. The van der Waals surface area contributed by atoms with Crippen LogP contribution in [0, 0.1) is 0 Å². The maximum absolute atomic E-state index is 12.2. The third kappa shape index (κ3) is 1.14. The number of aromatic nitrogens is 2. The Balaban J connectivity index is 2.42. The van der Waals surface area contributed by atoms with Crippen LogP contribution < -0.4 is 11.0 Å². The smallest absolute Gasteiger partial charge is 0.268 e. The van der Waals surface area contributed by atoms with Crippen molar-refractivity contribution in [1.29, 1.82) is 0 Å². The predicted molar refractivity (Wildman–Crippen MR) is 72.2 cm³/mol. The molecule has 0 aliphatic heterocycles. The first-order valence-corrected chi connectivity index (χ1v) is 5.78. The lowest BCUT2D eigenvalue weighted by atomic mass is 10.1. The number of hydrogen-bond acceptors (Lipinski definition) is 3. The summed E-state index contributed by atoms with van der Waals surface area (Å²) in [5, 5.41) is 11.0. The predicted octanol–water partition coefficient (Wildman–Crippen LogP) is 1.44. The van der Waals surface area contributed by atoms with Crippen LogP contribution in [-0.4, -0.2) is 14.5 Å². The Hall–Kier alpha value is -2.82. The minimum Gasteiger partial charge on any atom is -0.506 e. The Morgan fingerprint density at radius 2 is 2.00 bits per heavy atom. The zero-order chi connectivity index (χ0) is 13.1. The number of aromatic hydroxyl groups is 1. The molecule has 4 aromatic rings. The Labute approximate surface area is 105 Å². The fourth-order valence-electron chi connectivity index (χ4n) is 2.57. The van der Waals surface area contributed by atoms with Gasteiger partial charge in [0, 0.05) is 17.6 Å². The van der Waals surface area contributed by atoms with E-state index in [1.54, 1.807) is 18.3 Å². The van der Waals surface area contributed by atoms with E-state index < -0.39 is 0 Å². The second-order valence-corrected chi connectivity index (χ2v) is 4.50. The van der Waals surface area contributed by atoms with E-state index in [2.05, 4.69) is 4.98 Å². The molecular weight excluding hydrogens is 244 g/mol. The zero-order valence-electron chi connectivity index (χ0n) is 9.68. The highest BCUT2D eigenvalue weighted by atomic mass is 16.3. The van der Waals surface area contributed by atoms with Gasteiger partial charge < -0.3 is 10.1 Å². The summed E-state index contributed by atoms with van der Waals surface area (Å²) in [6.45, 7) is 0. The Bertz CT molecular complexity index is 1060. The van der Waals surface area contributed by atoms with E-state index >= 15 is 0 Å². The summed E-state index contributed by atoms with van der Waals surface area (Å²) in [6, 6.07) is 7.83. The average Bonchev–Trinajstić information content (AvgIpc) is 2.94. The summed E-state index contributed by atoms with van der Waals surface area (Å²) in [5.41, 5.74) is 1.34. The van der Waals surface area contributed by atoms with E-state index in [0.29, 0.717) is 21.9 Å². The van der Waals surface area contributed by atoms with Crippen molar-refractivity contribution in [3.05, 3.63) is 57.1 Å². The van der Waals surface area contributed by atoms with Crippen LogP contribution in [0.1, 0.15) is 0 Å². The molecule has 0 bridgehead atoms. The molecule has 0 fully saturated rings. The molecule has 19 heavy (non-hydrogen) atoms. The van der Waals surface area contributed by atoms with Crippen molar-refractivity contribution in [2.75, 3.05) is 0 Å². The Kier molecular flexibility index (Phi) is 1.67. The van der Waals surface area contributed by atoms with Gasteiger partial charge >= 0.3 is 0 Å². The molecule has 0 aliphatic carbocycles. The number of pyridine rings is 1. The number of aromatic amines is 1. The lowest BCUT2D eigenvalue weighted by Crippen LogP contribution is -2.04. The number of rotatable bonds is 0. The third-order valence-corrected chi connectivity index (χ3v) is 3.43. The zero-order valence-corrected chi connectivity index (χ0v) is 9.68. The molecule has 5 nitrogen and oxygen atoms in total. The van der Waals surface area contributed by atoms with Crippen LogP contribution in [0.3, 0.4) is 0 Å². The first-order chi connectivity index (χ1) is 9.16. The summed E-state index contributed by atoms with van der Waals surface area (Å²) in [7, 11) is 0. The van der Waals surface area contributed by atoms with Gasteiger partial charge in [-0.15, -0.1) is 0 Å². The van der Waals surface area contributed by atoms with Crippen molar-refractivity contribution in [2.45, 2.75) is 0 Å². The number of nitrogens with one attached hydrogen (secondary N) is 1. The van der Waals surface area contributed by atoms with E-state index in [-0.39, 0.29) is 22.1 Å². The molecule has 92 valence electrons. The largest absolute Gasteiger partial charge is 0.506 e. The van der Waals surface area contributed by atoms with Crippen molar-refractivity contribution in [3.63, 3.8) is 0 Å². The number of nitrogens with zero attached hydrogens (tertiary/aromatic N) is 1. The fraction of sp³-hybridized carbons (Fsp3) is 0. The molecule has 0 saturated carbocycles. The monoisotopic (exact) mass is 252 g/mol. The normalized spacial score (nSPS) is 11.8. The molecule has 3 heterocycles. The lowest BCUT2D eigenvalue weighted by molar-refractivity contribution is 0.487. The van der Waals surface area contributed by atoms with E-state index in [0.717, 1.165) is 0 Å². The van der Waals surface area contributed by atoms with E-state index in [1.165, 1.54) is 22.6 Å². The van der Waals surface area contributed by atoms with Gasteiger partial charge in [0.2, 0.25) is 0 Å². The summed E-state index contributed by atoms with van der Waals surface area (Å²) in [5.74, 6) is -0.0857. The number of benzene rings is 1. The minimum absolute atomic E-state index is 0.0857. The van der Waals surface area contributed by atoms with E-state index in [9.17, 15) is 14.7 Å². The van der Waals surface area contributed by atoms with Crippen LogP contribution in [0.2, 0.25) is 0 Å². The third-order valence-electron chi connectivity index (χ3n) is 3.43. The first kappa shape index (κ1) is 10.1. The molecule has 0 saturated heterocycles. The molecule has 2 N–H and O–H groups in total. The van der Waals surface area contributed by atoms with Crippen LogP contribution in [-0.2, 0) is 0 Å². The van der Waals surface area contributed by atoms with E-state index in [4.69, 9.17) is 0 Å². The highest BCUT2D eigenvalue weighted by Crippen LogP contribution is 2.31. The van der Waals surface area contributed by atoms with Crippen LogP contribution in [0.5, 0.6) is 5.75 Å². The second kappa shape index (κ2) is 3.14. The molecule has 0 spiro atoms. The highest BCUT2D eigenvalue weighted by molar-refractivity contribution is 6.06. The molecule has 1 aromatic carbocycles. The first-order valence-electron chi connectivity index (χ1n) is 5.78. The van der Waals surface area contributed by atoms with Gasteiger partial charge in [-0.05, 0) is 24.3 Å². The summed E-state index contributed by atoms with van der Waals surface area (Å²) < 4.78 is 1.47. The topological polar surface area (TPSA) is 74.6 Å². The fourth-order valence-corrected chi connectivity index (χ4v) is 2.57. The Morgan fingerprint density at radius 1 is 1.16 bits per heavy atom. The molecule has 4 rings (SSSR count). The molecule has 0 amide bonds. The van der Waals surface area contributed by atoms with Gasteiger partial charge in [0.25, 0.3) is 5.56 Å². The minimum atomic E-state index is -0.267. The standard InChI is InChI=1S/C14H8N2O3/c17-7-3-4-8-9(6-7)15-12-10-2-1-5-16(10)14(19)11(12)13(8)18/h1-6,15,18H. The van der Waals surface area contributed by atoms with Crippen molar-refractivity contribution < 1.29 is 5.11 Å². The number of hydrogen-bond donors (Lipinski definition) is 2. The molecule has 0 aliphatic rings. The lowest BCUT2D eigenvalue weighted by Gasteiger charge is -2.02. The SMILES string of the molecule is O=c1ccc2c(O)c3c(=O)n4cccc4c3[nH]c2c1. The van der Waals surface area contributed by atoms with Crippen LogP contribution in [0.4, 0.5) is 0 Å². The number of H-pyrrole nitrogens is 1. The Morgan fingerprint density at radius 3 is 2.84 bits per heavy atom. The molecule has 0 atom stereocenters. The van der Waals surface area contributed by atoms with Crippen LogP contribution >= 0.6 is 0 Å². The van der Waals surface area contributed by atoms with E-state index in [1.807, 2.05) is 0 Å².